The summed E-state index contributed by atoms with van der Waals surface area (Å²) in [6, 6.07) is 0. The molecule has 1 heterocycles. The minimum absolute atomic E-state index is 0. The van der Waals surface area contributed by atoms with E-state index in [1.807, 2.05) is 0 Å². The molecule has 25 heavy (non-hydrogen) atoms. The number of carbonyl (C=O) groups is 1. The van der Waals surface area contributed by atoms with Crippen LogP contribution in [0.2, 0.25) is 0 Å². The van der Waals surface area contributed by atoms with Gasteiger partial charge in [-0.3, -0.25) is 4.79 Å². The molecule has 0 aromatic heterocycles. The number of hydrogen-bond acceptors (Lipinski definition) is 5. The Bertz CT molecular complexity index is 377. The number of carbonyl (C=O) groups excluding carboxylic acids is 1. The molecule has 0 saturated carbocycles. The predicted octanol–water partition coefficient (Wildman–Crippen LogP) is 0.460. The molecule has 0 aliphatic carbocycles. The molecule has 9 heteroatoms. The number of nitrogens with zero attached hydrogens (tertiary/aromatic N) is 2. The number of halogens is 1. The van der Waals surface area contributed by atoms with Crippen molar-refractivity contribution in [2.24, 2.45) is 4.99 Å². The molecule has 148 valence electrons. The molecule has 1 aliphatic heterocycles. The van der Waals surface area contributed by atoms with Crippen molar-refractivity contribution in [3.63, 3.8) is 0 Å². The van der Waals surface area contributed by atoms with Crippen molar-refractivity contribution in [1.82, 2.24) is 15.5 Å². The fourth-order valence-electron chi connectivity index (χ4n) is 2.11. The monoisotopic (exact) mass is 472 g/mol. The number of rotatable bonds is 11. The molecule has 0 radical (unpaired) electrons. The third-order valence-electron chi connectivity index (χ3n) is 3.56. The van der Waals surface area contributed by atoms with Crippen LogP contribution in [-0.4, -0.2) is 90.1 Å². The van der Waals surface area contributed by atoms with Crippen LogP contribution in [0.4, 0.5) is 0 Å². The van der Waals surface area contributed by atoms with E-state index >= 15 is 0 Å². The van der Waals surface area contributed by atoms with E-state index in [-0.39, 0.29) is 42.5 Å². The zero-order valence-electron chi connectivity index (χ0n) is 15.6. The Morgan fingerprint density at radius 2 is 2.04 bits per heavy atom. The van der Waals surface area contributed by atoms with Crippen LogP contribution in [0.5, 0.6) is 0 Å². The standard InChI is InChI=1S/C16H32N4O4.HI/c1-20(2)15(21)12-19-16(18-8-11-22-3)17-7-5-9-23-13-14-6-4-10-24-14;/h14H,4-13H2,1-3H3,(H2,17,18,19);1H. The van der Waals surface area contributed by atoms with Gasteiger partial charge in [-0.25, -0.2) is 4.99 Å². The fourth-order valence-corrected chi connectivity index (χ4v) is 2.11. The molecule has 1 unspecified atom stereocenters. The summed E-state index contributed by atoms with van der Waals surface area (Å²) < 4.78 is 16.1. The lowest BCUT2D eigenvalue weighted by Gasteiger charge is -2.14. The highest BCUT2D eigenvalue weighted by atomic mass is 127. The number of ether oxygens (including phenoxy) is 3. The van der Waals surface area contributed by atoms with E-state index in [0.717, 1.165) is 32.4 Å². The van der Waals surface area contributed by atoms with Gasteiger partial charge in [0, 0.05) is 47.5 Å². The predicted molar refractivity (Wildman–Crippen MR) is 109 cm³/mol. The number of guanidine groups is 1. The number of likely N-dealkylation sites (N-methyl/N-ethyl adjacent to an activating group) is 1. The van der Waals surface area contributed by atoms with Crippen molar-refractivity contribution >= 4 is 35.8 Å². The van der Waals surface area contributed by atoms with Crippen molar-refractivity contribution in [2.75, 3.05) is 67.3 Å². The summed E-state index contributed by atoms with van der Waals surface area (Å²) in [6.07, 6.45) is 3.36. The molecule has 1 amide bonds. The normalized spacial score (nSPS) is 17.1. The Hall–Kier alpha value is -0.650. The first-order valence-corrected chi connectivity index (χ1v) is 8.54. The molecule has 0 bridgehead atoms. The van der Waals surface area contributed by atoms with E-state index in [0.29, 0.717) is 32.3 Å². The average molecular weight is 472 g/mol. The molecule has 1 fully saturated rings. The van der Waals surface area contributed by atoms with Crippen molar-refractivity contribution in [1.29, 1.82) is 0 Å². The van der Waals surface area contributed by atoms with Gasteiger partial charge in [0.2, 0.25) is 5.91 Å². The van der Waals surface area contributed by atoms with Crippen molar-refractivity contribution < 1.29 is 19.0 Å². The van der Waals surface area contributed by atoms with Crippen molar-refractivity contribution in [3.05, 3.63) is 0 Å². The SMILES string of the molecule is COCCNC(=NCC(=O)N(C)C)NCCCOCC1CCCO1.I. The molecular weight excluding hydrogens is 439 g/mol. The summed E-state index contributed by atoms with van der Waals surface area (Å²) in [4.78, 5) is 17.4. The minimum Gasteiger partial charge on any atom is -0.383 e. The number of hydrogen-bond donors (Lipinski definition) is 2. The quantitative estimate of drug-likeness (QED) is 0.197. The Kier molecular flexibility index (Phi) is 15.2. The van der Waals surface area contributed by atoms with Crippen LogP contribution in [-0.2, 0) is 19.0 Å². The molecule has 0 spiro atoms. The van der Waals surface area contributed by atoms with Crippen LogP contribution in [0, 0.1) is 0 Å². The lowest BCUT2D eigenvalue weighted by molar-refractivity contribution is -0.127. The molecule has 1 saturated heterocycles. The van der Waals surface area contributed by atoms with Crippen LogP contribution in [0.25, 0.3) is 0 Å². The van der Waals surface area contributed by atoms with E-state index in [4.69, 9.17) is 14.2 Å². The van der Waals surface area contributed by atoms with E-state index in [1.165, 1.54) is 4.90 Å². The Balaban J connectivity index is 0.00000576. The summed E-state index contributed by atoms with van der Waals surface area (Å²) >= 11 is 0. The minimum atomic E-state index is -0.0391. The Morgan fingerprint density at radius 3 is 2.68 bits per heavy atom. The highest BCUT2D eigenvalue weighted by Crippen LogP contribution is 2.11. The van der Waals surface area contributed by atoms with Gasteiger partial charge in [-0.1, -0.05) is 0 Å². The number of nitrogens with one attached hydrogen (secondary N) is 2. The third-order valence-corrected chi connectivity index (χ3v) is 3.56. The second-order valence-corrected chi connectivity index (χ2v) is 5.86. The van der Waals surface area contributed by atoms with Gasteiger partial charge in [0.25, 0.3) is 0 Å². The molecular formula is C16H33IN4O4. The maximum atomic E-state index is 11.6. The molecule has 0 aromatic carbocycles. The lowest BCUT2D eigenvalue weighted by atomic mass is 10.2. The van der Waals surface area contributed by atoms with Gasteiger partial charge in [-0.15, -0.1) is 24.0 Å². The van der Waals surface area contributed by atoms with E-state index in [2.05, 4.69) is 15.6 Å². The Morgan fingerprint density at radius 1 is 1.28 bits per heavy atom. The van der Waals surface area contributed by atoms with Crippen LogP contribution in [0.1, 0.15) is 19.3 Å². The first-order valence-electron chi connectivity index (χ1n) is 8.54. The van der Waals surface area contributed by atoms with Crippen LogP contribution < -0.4 is 10.6 Å². The summed E-state index contributed by atoms with van der Waals surface area (Å²) in [5.74, 6) is 0.573. The van der Waals surface area contributed by atoms with Crippen molar-refractivity contribution in [2.45, 2.75) is 25.4 Å². The summed E-state index contributed by atoms with van der Waals surface area (Å²) in [7, 11) is 5.08. The zero-order valence-corrected chi connectivity index (χ0v) is 17.9. The molecule has 1 aliphatic rings. The Labute approximate surface area is 168 Å². The van der Waals surface area contributed by atoms with Gasteiger partial charge in [0.1, 0.15) is 6.54 Å². The van der Waals surface area contributed by atoms with Gasteiger partial charge in [-0.2, -0.15) is 0 Å². The highest BCUT2D eigenvalue weighted by molar-refractivity contribution is 14.0. The number of methoxy groups -OCH3 is 1. The first-order chi connectivity index (χ1) is 11.6. The highest BCUT2D eigenvalue weighted by Gasteiger charge is 2.14. The van der Waals surface area contributed by atoms with E-state index in [9.17, 15) is 4.79 Å². The van der Waals surface area contributed by atoms with Gasteiger partial charge in [0.15, 0.2) is 5.96 Å². The number of aliphatic imine (C=N–C) groups is 1. The molecule has 0 aromatic rings. The molecule has 2 N–H and O–H groups in total. The second kappa shape index (κ2) is 15.6. The van der Waals surface area contributed by atoms with Gasteiger partial charge < -0.3 is 29.7 Å². The fraction of sp³-hybridized carbons (Fsp3) is 0.875. The molecule has 1 atom stereocenters. The maximum Gasteiger partial charge on any atom is 0.243 e. The van der Waals surface area contributed by atoms with E-state index < -0.39 is 0 Å². The summed E-state index contributed by atoms with van der Waals surface area (Å²) in [6.45, 7) is 4.25. The third kappa shape index (κ3) is 12.4. The largest absolute Gasteiger partial charge is 0.383 e. The molecule has 8 nitrogen and oxygen atoms in total. The number of amides is 1. The molecule has 1 rings (SSSR count). The van der Waals surface area contributed by atoms with Crippen LogP contribution >= 0.6 is 24.0 Å². The van der Waals surface area contributed by atoms with Gasteiger partial charge >= 0.3 is 0 Å². The van der Waals surface area contributed by atoms with Crippen molar-refractivity contribution in [3.8, 4) is 0 Å². The zero-order chi connectivity index (χ0) is 17.6. The summed E-state index contributed by atoms with van der Waals surface area (Å²) in [5.41, 5.74) is 0. The van der Waals surface area contributed by atoms with Crippen LogP contribution in [0.3, 0.4) is 0 Å². The smallest absolute Gasteiger partial charge is 0.243 e. The first kappa shape index (κ1) is 24.4. The summed E-state index contributed by atoms with van der Waals surface area (Å²) in [5, 5.41) is 6.34. The van der Waals surface area contributed by atoms with Gasteiger partial charge in [-0.05, 0) is 19.3 Å². The lowest BCUT2D eigenvalue weighted by Crippen LogP contribution is -2.40. The van der Waals surface area contributed by atoms with E-state index in [1.54, 1.807) is 21.2 Å². The van der Waals surface area contributed by atoms with Crippen LogP contribution in [0.15, 0.2) is 4.99 Å². The second-order valence-electron chi connectivity index (χ2n) is 5.86. The van der Waals surface area contributed by atoms with Gasteiger partial charge in [0.05, 0.1) is 19.3 Å². The average Bonchev–Trinajstić information content (AvgIpc) is 3.08. The maximum absolute atomic E-state index is 11.6. The topological polar surface area (TPSA) is 84.4 Å².